The first-order chi connectivity index (χ1) is 13.2. The van der Waals surface area contributed by atoms with Gasteiger partial charge in [0.1, 0.15) is 11.5 Å². The molecular formula is C21H15FN4O. The number of halogens is 1. The summed E-state index contributed by atoms with van der Waals surface area (Å²) in [5, 5.41) is 10.8. The van der Waals surface area contributed by atoms with E-state index in [1.54, 1.807) is 16.8 Å². The van der Waals surface area contributed by atoms with E-state index in [2.05, 4.69) is 15.6 Å². The average Bonchev–Trinajstić information content (AvgIpc) is 3.16. The number of hydrogen-bond acceptors (Lipinski definition) is 3. The summed E-state index contributed by atoms with van der Waals surface area (Å²) in [5.74, 6) is -1.04. The van der Waals surface area contributed by atoms with Crippen LogP contribution in [0.25, 0.3) is 16.9 Å². The van der Waals surface area contributed by atoms with Crippen molar-refractivity contribution in [2.24, 2.45) is 0 Å². The largest absolute Gasteiger partial charge is 0.318 e. The van der Waals surface area contributed by atoms with Crippen LogP contribution in [0, 0.1) is 5.82 Å². The molecule has 4 rings (SSSR count). The number of benzene rings is 3. The zero-order chi connectivity index (χ0) is 18.6. The molecule has 1 amide bonds. The minimum Gasteiger partial charge on any atom is -0.318 e. The fourth-order valence-corrected chi connectivity index (χ4v) is 2.78. The summed E-state index contributed by atoms with van der Waals surface area (Å²) >= 11 is 0. The molecule has 1 aromatic heterocycles. The number of carbonyl (C=O) groups is 1. The molecule has 1 N–H and O–H groups in total. The lowest BCUT2D eigenvalue weighted by atomic mass is 10.1. The third-order valence-corrected chi connectivity index (χ3v) is 4.06. The number of aromatic nitrogens is 3. The molecule has 1 heterocycles. The molecule has 6 heteroatoms. The van der Waals surface area contributed by atoms with E-state index in [-0.39, 0.29) is 11.4 Å². The van der Waals surface area contributed by atoms with Crippen LogP contribution in [-0.4, -0.2) is 20.9 Å². The third kappa shape index (κ3) is 3.32. The van der Waals surface area contributed by atoms with E-state index in [1.807, 2.05) is 60.7 Å². The second-order valence-electron chi connectivity index (χ2n) is 5.83. The molecule has 0 aliphatic carbocycles. The zero-order valence-electron chi connectivity index (χ0n) is 14.2. The summed E-state index contributed by atoms with van der Waals surface area (Å²) in [6, 6.07) is 24.8. The topological polar surface area (TPSA) is 59.8 Å². The molecule has 3 aromatic carbocycles. The van der Waals surface area contributed by atoms with Crippen molar-refractivity contribution in [3.05, 3.63) is 96.4 Å². The molecule has 0 radical (unpaired) electrons. The van der Waals surface area contributed by atoms with Crippen LogP contribution in [0.15, 0.2) is 84.9 Å². The van der Waals surface area contributed by atoms with Gasteiger partial charge in [-0.05, 0) is 24.3 Å². The molecule has 5 nitrogen and oxygen atoms in total. The van der Waals surface area contributed by atoms with Gasteiger partial charge in [-0.25, -0.2) is 9.07 Å². The van der Waals surface area contributed by atoms with E-state index in [9.17, 15) is 9.18 Å². The number of carbonyl (C=O) groups excluding carboxylic acids is 1. The van der Waals surface area contributed by atoms with Gasteiger partial charge >= 0.3 is 0 Å². The number of hydrogen-bond donors (Lipinski definition) is 1. The number of nitrogens with zero attached hydrogens (tertiary/aromatic N) is 3. The highest BCUT2D eigenvalue weighted by Gasteiger charge is 2.22. The van der Waals surface area contributed by atoms with Gasteiger partial charge in [0, 0.05) is 5.56 Å². The maximum absolute atomic E-state index is 13.9. The van der Waals surface area contributed by atoms with Gasteiger partial charge in [-0.2, -0.15) is 0 Å². The maximum Gasteiger partial charge on any atom is 0.278 e. The van der Waals surface area contributed by atoms with Crippen molar-refractivity contribution in [2.45, 2.75) is 0 Å². The molecule has 0 fully saturated rings. The molecule has 0 bridgehead atoms. The Hall–Kier alpha value is -3.80. The molecule has 27 heavy (non-hydrogen) atoms. The number of anilines is 1. The van der Waals surface area contributed by atoms with Crippen molar-refractivity contribution < 1.29 is 9.18 Å². The number of amides is 1. The summed E-state index contributed by atoms with van der Waals surface area (Å²) in [5.41, 5.74) is 2.30. The minimum absolute atomic E-state index is 0.0933. The SMILES string of the molecule is O=C(Nc1ccccc1F)c1nnn(-c2ccccc2)c1-c1ccccc1. The normalized spacial score (nSPS) is 10.6. The lowest BCUT2D eigenvalue weighted by molar-refractivity contribution is 0.102. The fraction of sp³-hybridized carbons (Fsp3) is 0. The van der Waals surface area contributed by atoms with Crippen LogP contribution in [0.5, 0.6) is 0 Å². The molecule has 0 spiro atoms. The Bertz CT molecular complexity index is 1080. The van der Waals surface area contributed by atoms with Crippen molar-refractivity contribution in [3.8, 4) is 16.9 Å². The van der Waals surface area contributed by atoms with Gasteiger partial charge in [-0.1, -0.05) is 65.9 Å². The first kappa shape index (κ1) is 16.7. The molecule has 0 saturated heterocycles. The lowest BCUT2D eigenvalue weighted by Crippen LogP contribution is -2.15. The highest BCUT2D eigenvalue weighted by molar-refractivity contribution is 6.06. The van der Waals surface area contributed by atoms with Crippen LogP contribution in [0.4, 0.5) is 10.1 Å². The zero-order valence-corrected chi connectivity index (χ0v) is 14.2. The first-order valence-electron chi connectivity index (χ1n) is 8.36. The van der Waals surface area contributed by atoms with Crippen LogP contribution in [0.3, 0.4) is 0 Å². The lowest BCUT2D eigenvalue weighted by Gasteiger charge is -2.09. The number of nitrogens with one attached hydrogen (secondary N) is 1. The van der Waals surface area contributed by atoms with E-state index in [0.717, 1.165) is 11.3 Å². The highest BCUT2D eigenvalue weighted by atomic mass is 19.1. The van der Waals surface area contributed by atoms with Gasteiger partial charge in [-0.15, -0.1) is 5.10 Å². The molecule has 132 valence electrons. The Morgan fingerprint density at radius 2 is 1.48 bits per heavy atom. The Balaban J connectivity index is 1.80. The Labute approximate surface area is 155 Å². The summed E-state index contributed by atoms with van der Waals surface area (Å²) < 4.78 is 15.5. The van der Waals surface area contributed by atoms with Gasteiger partial charge < -0.3 is 5.32 Å². The van der Waals surface area contributed by atoms with Crippen LogP contribution in [0.2, 0.25) is 0 Å². The maximum atomic E-state index is 13.9. The standard InChI is InChI=1S/C21H15FN4O/c22-17-13-7-8-14-18(17)23-21(27)19-20(15-9-3-1-4-10-15)26(25-24-19)16-11-5-2-6-12-16/h1-14H,(H,23,27). The predicted octanol–water partition coefficient (Wildman–Crippen LogP) is 4.33. The predicted molar refractivity (Wildman–Crippen MR) is 101 cm³/mol. The van der Waals surface area contributed by atoms with Gasteiger partial charge in [-0.3, -0.25) is 4.79 Å². The number of rotatable bonds is 4. The summed E-state index contributed by atoms with van der Waals surface area (Å²) in [6.07, 6.45) is 0. The first-order valence-corrected chi connectivity index (χ1v) is 8.36. The number of para-hydroxylation sites is 2. The van der Waals surface area contributed by atoms with Gasteiger partial charge in [0.15, 0.2) is 5.69 Å². The molecule has 0 atom stereocenters. The second-order valence-corrected chi connectivity index (χ2v) is 5.83. The summed E-state index contributed by atoms with van der Waals surface area (Å²) in [7, 11) is 0. The average molecular weight is 358 g/mol. The van der Waals surface area contributed by atoms with E-state index >= 15 is 0 Å². The molecular weight excluding hydrogens is 343 g/mol. The van der Waals surface area contributed by atoms with Crippen molar-refractivity contribution in [3.63, 3.8) is 0 Å². The monoisotopic (exact) mass is 358 g/mol. The summed E-state index contributed by atoms with van der Waals surface area (Å²) in [6.45, 7) is 0. The molecule has 0 aliphatic heterocycles. The highest BCUT2D eigenvalue weighted by Crippen LogP contribution is 2.26. The second kappa shape index (κ2) is 7.21. The van der Waals surface area contributed by atoms with Crippen molar-refractivity contribution >= 4 is 11.6 Å². The third-order valence-electron chi connectivity index (χ3n) is 4.06. The molecule has 4 aromatic rings. The molecule has 0 unspecified atom stereocenters. The van der Waals surface area contributed by atoms with Gasteiger partial charge in [0.25, 0.3) is 5.91 Å². The van der Waals surface area contributed by atoms with Crippen molar-refractivity contribution in [1.29, 1.82) is 0 Å². The Morgan fingerprint density at radius 3 is 2.19 bits per heavy atom. The fourth-order valence-electron chi connectivity index (χ4n) is 2.78. The van der Waals surface area contributed by atoms with Crippen molar-refractivity contribution in [1.82, 2.24) is 15.0 Å². The van der Waals surface area contributed by atoms with E-state index in [1.165, 1.54) is 12.1 Å². The quantitative estimate of drug-likeness (QED) is 0.591. The molecule has 0 aliphatic rings. The summed E-state index contributed by atoms with van der Waals surface area (Å²) in [4.78, 5) is 12.8. The minimum atomic E-state index is -0.527. The smallest absolute Gasteiger partial charge is 0.278 e. The van der Waals surface area contributed by atoms with E-state index in [0.29, 0.717) is 5.69 Å². The van der Waals surface area contributed by atoms with Crippen LogP contribution < -0.4 is 5.32 Å². The molecule has 0 saturated carbocycles. The van der Waals surface area contributed by atoms with Gasteiger partial charge in [0.05, 0.1) is 11.4 Å². The van der Waals surface area contributed by atoms with Crippen LogP contribution in [-0.2, 0) is 0 Å². The van der Waals surface area contributed by atoms with Gasteiger partial charge in [0.2, 0.25) is 0 Å². The van der Waals surface area contributed by atoms with Crippen LogP contribution >= 0.6 is 0 Å². The van der Waals surface area contributed by atoms with Crippen molar-refractivity contribution in [2.75, 3.05) is 5.32 Å². The van der Waals surface area contributed by atoms with E-state index < -0.39 is 11.7 Å². The Kier molecular flexibility index (Phi) is 4.45. The van der Waals surface area contributed by atoms with Crippen LogP contribution in [0.1, 0.15) is 10.5 Å². The van der Waals surface area contributed by atoms with E-state index in [4.69, 9.17) is 0 Å². The Morgan fingerprint density at radius 1 is 0.852 bits per heavy atom.